The summed E-state index contributed by atoms with van der Waals surface area (Å²) in [5, 5.41) is 9.13. The highest BCUT2D eigenvalue weighted by Crippen LogP contribution is 2.19. The fourth-order valence-electron chi connectivity index (χ4n) is 5.62. The molecule has 0 aliphatic carbocycles. The van der Waals surface area contributed by atoms with Crippen LogP contribution in [-0.4, -0.2) is 51.4 Å². The molecule has 242 valence electrons. The lowest BCUT2D eigenvalue weighted by molar-refractivity contribution is -0.124. The zero-order valence-corrected chi connectivity index (χ0v) is 27.2. The van der Waals surface area contributed by atoms with Crippen molar-refractivity contribution in [2.75, 3.05) is 6.61 Å². The van der Waals surface area contributed by atoms with Gasteiger partial charge in [-0.1, -0.05) is 121 Å². The minimum atomic E-state index is -0.236. The van der Waals surface area contributed by atoms with E-state index in [9.17, 15) is 14.4 Å². The minimum Gasteiger partial charge on any atom is -0.396 e. The van der Waals surface area contributed by atoms with E-state index in [1.807, 2.05) is 72.8 Å². The lowest BCUT2D eigenvalue weighted by atomic mass is 10.0. The summed E-state index contributed by atoms with van der Waals surface area (Å²) in [6.45, 7) is 6.21. The van der Waals surface area contributed by atoms with Gasteiger partial charge in [-0.15, -0.1) is 0 Å². The van der Waals surface area contributed by atoms with E-state index in [2.05, 4.69) is 58.3 Å². The van der Waals surface area contributed by atoms with Crippen molar-refractivity contribution >= 4 is 17.9 Å². The molecule has 0 aliphatic rings. The number of hydrogen-bond donors (Lipinski definition) is 1. The predicted molar refractivity (Wildman–Crippen MR) is 185 cm³/mol. The van der Waals surface area contributed by atoms with Crippen molar-refractivity contribution in [3.05, 3.63) is 144 Å². The van der Waals surface area contributed by atoms with Gasteiger partial charge < -0.3 is 9.90 Å². The van der Waals surface area contributed by atoms with Gasteiger partial charge in [-0.05, 0) is 55.4 Å². The van der Waals surface area contributed by atoms with E-state index < -0.39 is 0 Å². The number of Topliss-reactive ketones (excluding diaryl/α,β-unsaturated/α-hetero) is 2. The number of nitrogens with zero attached hydrogens (tertiary/aromatic N) is 2. The molecule has 0 unspecified atom stereocenters. The molecule has 2 atom stereocenters. The number of aliphatic hydroxyl groups is 1. The molecule has 0 radical (unpaired) electrons. The molecule has 6 heteroatoms. The maximum atomic E-state index is 12.1. The molecule has 0 fully saturated rings. The van der Waals surface area contributed by atoms with Crippen molar-refractivity contribution < 1.29 is 19.5 Å². The van der Waals surface area contributed by atoms with Crippen molar-refractivity contribution in [1.82, 2.24) is 9.80 Å². The number of ketones is 2. The summed E-state index contributed by atoms with van der Waals surface area (Å²) in [5.74, 6) is 0.268. The van der Waals surface area contributed by atoms with Crippen molar-refractivity contribution in [3.63, 3.8) is 0 Å². The Morgan fingerprint density at radius 3 is 1.13 bits per heavy atom. The summed E-state index contributed by atoms with van der Waals surface area (Å²) in [6, 6.07) is 40.3. The van der Waals surface area contributed by atoms with Gasteiger partial charge in [0.2, 0.25) is 0 Å². The number of carbonyl (C=O) groups is 3. The third-order valence-corrected chi connectivity index (χ3v) is 7.93. The van der Waals surface area contributed by atoms with E-state index >= 15 is 0 Å². The molecule has 0 bridgehead atoms. The molecule has 46 heavy (non-hydrogen) atoms. The van der Waals surface area contributed by atoms with Crippen LogP contribution in [0.25, 0.3) is 0 Å². The van der Waals surface area contributed by atoms with E-state index in [-0.39, 0.29) is 30.3 Å². The van der Waals surface area contributed by atoms with Crippen LogP contribution in [0.15, 0.2) is 121 Å². The summed E-state index contributed by atoms with van der Waals surface area (Å²) < 4.78 is 0. The second kappa shape index (κ2) is 20.7. The summed E-state index contributed by atoms with van der Waals surface area (Å²) in [7, 11) is 0. The van der Waals surface area contributed by atoms with Gasteiger partial charge in [-0.3, -0.25) is 19.4 Å². The molecule has 0 aliphatic heterocycles. The highest BCUT2D eigenvalue weighted by molar-refractivity contribution is 5.82. The first-order valence-electron chi connectivity index (χ1n) is 16.1. The highest BCUT2D eigenvalue weighted by Gasteiger charge is 2.24. The molecule has 4 aromatic carbocycles. The van der Waals surface area contributed by atoms with E-state index in [4.69, 9.17) is 5.11 Å². The predicted octanol–water partition coefficient (Wildman–Crippen LogP) is 7.04. The molecule has 0 saturated carbocycles. The lowest BCUT2D eigenvalue weighted by Crippen LogP contribution is -2.39. The Morgan fingerprint density at radius 2 is 0.870 bits per heavy atom. The minimum absolute atomic E-state index is 0.110. The topological polar surface area (TPSA) is 77.9 Å². The fraction of sp³-hybridized carbons (Fsp3) is 0.325. The van der Waals surface area contributed by atoms with Crippen LogP contribution < -0.4 is 0 Å². The first-order chi connectivity index (χ1) is 22.4. The molecular weight excluding hydrogens is 572 g/mol. The third-order valence-electron chi connectivity index (χ3n) is 7.93. The number of aldehydes is 1. The number of hydrogen-bond acceptors (Lipinski definition) is 6. The Balaban J connectivity index is 0.000000250. The smallest absolute Gasteiger partial charge is 0.146 e. The van der Waals surface area contributed by atoms with Gasteiger partial charge in [0, 0.05) is 39.2 Å². The van der Waals surface area contributed by atoms with Gasteiger partial charge in [0.15, 0.2) is 0 Å². The summed E-state index contributed by atoms with van der Waals surface area (Å²) >= 11 is 0. The summed E-state index contributed by atoms with van der Waals surface area (Å²) in [6.07, 6.45) is 3.19. The van der Waals surface area contributed by atoms with Crippen LogP contribution >= 0.6 is 0 Å². The molecule has 4 rings (SSSR count). The van der Waals surface area contributed by atoms with Gasteiger partial charge >= 0.3 is 0 Å². The average molecular weight is 621 g/mol. The molecule has 0 amide bonds. The van der Waals surface area contributed by atoms with Crippen LogP contribution in [0.2, 0.25) is 0 Å². The van der Waals surface area contributed by atoms with Crippen molar-refractivity contribution in [2.24, 2.45) is 0 Å². The Morgan fingerprint density at radius 1 is 0.565 bits per heavy atom. The maximum Gasteiger partial charge on any atom is 0.146 e. The number of rotatable bonds is 18. The van der Waals surface area contributed by atoms with Crippen LogP contribution in [0.4, 0.5) is 0 Å². The summed E-state index contributed by atoms with van der Waals surface area (Å²) in [4.78, 5) is 39.4. The maximum absolute atomic E-state index is 12.1. The van der Waals surface area contributed by atoms with Crippen molar-refractivity contribution in [1.29, 1.82) is 0 Å². The standard InChI is InChI=1S/C20H25NO2.C20H23NO2/c2*1-17(23)20(13-8-14-22)21(15-18-9-4-2-5-10-18)16-19-11-6-3-7-12-19/h2-7,9-12,20,22H,8,13-16H2,1H3;2-7,9-12,14,20H,8,13,15-16H2,1H3/t2*20-/m11/s1. The molecule has 0 spiro atoms. The Kier molecular flexibility index (Phi) is 16.3. The Labute approximate surface area is 274 Å². The number of benzene rings is 4. The molecule has 4 aromatic rings. The largest absolute Gasteiger partial charge is 0.396 e. The van der Waals surface area contributed by atoms with Gasteiger partial charge in [0.25, 0.3) is 0 Å². The van der Waals surface area contributed by atoms with Crippen LogP contribution in [0, 0.1) is 0 Å². The Hall–Kier alpha value is -4.23. The first kappa shape index (κ1) is 36.2. The molecule has 6 nitrogen and oxygen atoms in total. The lowest BCUT2D eigenvalue weighted by Gasteiger charge is -2.30. The zero-order valence-electron chi connectivity index (χ0n) is 27.2. The van der Waals surface area contributed by atoms with Crippen LogP contribution in [-0.2, 0) is 40.6 Å². The fourth-order valence-corrected chi connectivity index (χ4v) is 5.62. The average Bonchev–Trinajstić information content (AvgIpc) is 3.07. The summed E-state index contributed by atoms with van der Waals surface area (Å²) in [5.41, 5.74) is 4.72. The van der Waals surface area contributed by atoms with Gasteiger partial charge in [0.1, 0.15) is 17.9 Å². The first-order valence-corrected chi connectivity index (χ1v) is 16.1. The quantitative estimate of drug-likeness (QED) is 0.120. The van der Waals surface area contributed by atoms with E-state index in [1.54, 1.807) is 13.8 Å². The molecule has 0 aromatic heterocycles. The second-order valence-electron chi connectivity index (χ2n) is 11.6. The molecule has 1 N–H and O–H groups in total. The van der Waals surface area contributed by atoms with Crippen molar-refractivity contribution in [2.45, 2.75) is 77.8 Å². The molecule has 0 saturated heterocycles. The van der Waals surface area contributed by atoms with E-state index in [0.29, 0.717) is 38.8 Å². The number of aliphatic hydroxyl groups excluding tert-OH is 1. The monoisotopic (exact) mass is 620 g/mol. The van der Waals surface area contributed by atoms with E-state index in [0.717, 1.165) is 19.4 Å². The third kappa shape index (κ3) is 13.0. The van der Waals surface area contributed by atoms with E-state index in [1.165, 1.54) is 22.3 Å². The zero-order chi connectivity index (χ0) is 33.0. The Bertz CT molecular complexity index is 1330. The number of carbonyl (C=O) groups excluding carboxylic acids is 3. The van der Waals surface area contributed by atoms with Crippen LogP contribution in [0.3, 0.4) is 0 Å². The SMILES string of the molecule is CC(=O)[C@@H](CCC=O)N(Cc1ccccc1)Cc1ccccc1.CC(=O)[C@@H](CCCO)N(Cc1ccccc1)Cc1ccccc1. The van der Waals surface area contributed by atoms with Crippen LogP contribution in [0.5, 0.6) is 0 Å². The molecular formula is C40H48N2O4. The van der Waals surface area contributed by atoms with Crippen molar-refractivity contribution in [3.8, 4) is 0 Å². The van der Waals surface area contributed by atoms with Gasteiger partial charge in [0.05, 0.1) is 12.1 Å². The highest BCUT2D eigenvalue weighted by atomic mass is 16.3. The van der Waals surface area contributed by atoms with Gasteiger partial charge in [-0.25, -0.2) is 0 Å². The van der Waals surface area contributed by atoms with Gasteiger partial charge in [-0.2, -0.15) is 0 Å². The second-order valence-corrected chi connectivity index (χ2v) is 11.6. The normalized spacial score (nSPS) is 12.2. The van der Waals surface area contributed by atoms with Crippen LogP contribution in [0.1, 0.15) is 61.8 Å². The molecule has 0 heterocycles.